The minimum Gasteiger partial charge on any atom is -0.496 e. The minimum atomic E-state index is -0.470. The van der Waals surface area contributed by atoms with Crippen LogP contribution in [0.3, 0.4) is 0 Å². The molecule has 0 aliphatic rings. The fraction of sp³-hybridized carbons (Fsp3) is 0.273. The van der Waals surface area contributed by atoms with Crippen LogP contribution in [0.4, 0.5) is 0 Å². The molecule has 7 heteroatoms. The Hall–Kier alpha value is -3.66. The Morgan fingerprint density at radius 2 is 1.76 bits per heavy atom. The van der Waals surface area contributed by atoms with Crippen molar-refractivity contribution >= 4 is 5.91 Å². The van der Waals surface area contributed by atoms with Crippen molar-refractivity contribution in [1.29, 1.82) is 5.26 Å². The summed E-state index contributed by atoms with van der Waals surface area (Å²) in [5.74, 6) is 1.44. The highest BCUT2D eigenvalue weighted by Gasteiger charge is 2.15. The monoisotopic (exact) mass is 395 g/mol. The van der Waals surface area contributed by atoms with Gasteiger partial charge in [0.25, 0.3) is 5.91 Å². The molecule has 1 atom stereocenters. The van der Waals surface area contributed by atoms with E-state index in [1.54, 1.807) is 33.5 Å². The standard InChI is InChI=1S/C22H25N3O4/c1-15(16-9-10-20(28-3)21(11-16)29-4)25-22(26)18(12-23)14-24-13-17-7-5-6-8-19(17)27-2/h5-11,14-15,24H,13H2,1-4H3,(H,25,26)/b18-14-. The van der Waals surface area contributed by atoms with Gasteiger partial charge in [0.2, 0.25) is 0 Å². The van der Waals surface area contributed by atoms with E-state index in [9.17, 15) is 10.1 Å². The fourth-order valence-corrected chi connectivity index (χ4v) is 2.74. The number of nitriles is 1. The number of hydrogen-bond donors (Lipinski definition) is 2. The van der Waals surface area contributed by atoms with Gasteiger partial charge in [-0.15, -0.1) is 0 Å². The number of rotatable bonds is 9. The maximum absolute atomic E-state index is 12.5. The number of ether oxygens (including phenoxy) is 3. The van der Waals surface area contributed by atoms with Crippen molar-refractivity contribution in [1.82, 2.24) is 10.6 Å². The second-order valence-corrected chi connectivity index (χ2v) is 6.17. The van der Waals surface area contributed by atoms with E-state index in [-0.39, 0.29) is 11.6 Å². The SMILES string of the molecule is COc1ccccc1CN/C=C(/C#N)C(=O)NC(C)c1ccc(OC)c(OC)c1. The third-order valence-electron chi connectivity index (χ3n) is 4.35. The molecule has 0 aliphatic carbocycles. The molecule has 0 radical (unpaired) electrons. The van der Waals surface area contributed by atoms with Gasteiger partial charge in [-0.05, 0) is 30.7 Å². The van der Waals surface area contributed by atoms with E-state index in [4.69, 9.17) is 14.2 Å². The highest BCUT2D eigenvalue weighted by Crippen LogP contribution is 2.29. The van der Waals surface area contributed by atoms with Gasteiger partial charge in [-0.1, -0.05) is 24.3 Å². The molecule has 0 saturated heterocycles. The van der Waals surface area contributed by atoms with E-state index in [2.05, 4.69) is 10.6 Å². The van der Waals surface area contributed by atoms with Crippen LogP contribution >= 0.6 is 0 Å². The molecule has 0 aromatic heterocycles. The van der Waals surface area contributed by atoms with Gasteiger partial charge in [0.1, 0.15) is 17.4 Å². The Balaban J connectivity index is 2.03. The lowest BCUT2D eigenvalue weighted by Gasteiger charge is -2.16. The van der Waals surface area contributed by atoms with Gasteiger partial charge in [-0.3, -0.25) is 4.79 Å². The van der Waals surface area contributed by atoms with Crippen molar-refractivity contribution in [2.75, 3.05) is 21.3 Å². The number of carbonyl (C=O) groups excluding carboxylic acids is 1. The summed E-state index contributed by atoms with van der Waals surface area (Å²) in [5, 5.41) is 15.2. The molecule has 29 heavy (non-hydrogen) atoms. The van der Waals surface area contributed by atoms with Gasteiger partial charge in [-0.2, -0.15) is 5.26 Å². The smallest absolute Gasteiger partial charge is 0.263 e. The predicted molar refractivity (Wildman–Crippen MR) is 110 cm³/mol. The van der Waals surface area contributed by atoms with Crippen molar-refractivity contribution in [3.63, 3.8) is 0 Å². The Morgan fingerprint density at radius 1 is 1.07 bits per heavy atom. The summed E-state index contributed by atoms with van der Waals surface area (Å²) in [7, 11) is 4.71. The molecule has 2 rings (SSSR count). The number of benzene rings is 2. The molecule has 0 saturated carbocycles. The first kappa shape index (κ1) is 21.6. The summed E-state index contributed by atoms with van der Waals surface area (Å²) in [4.78, 5) is 12.5. The lowest BCUT2D eigenvalue weighted by Crippen LogP contribution is -2.28. The first-order valence-corrected chi connectivity index (χ1v) is 9.02. The summed E-state index contributed by atoms with van der Waals surface area (Å²) >= 11 is 0. The number of nitrogens with one attached hydrogen (secondary N) is 2. The molecule has 2 aromatic rings. The molecule has 7 nitrogen and oxygen atoms in total. The van der Waals surface area contributed by atoms with Crippen molar-refractivity contribution < 1.29 is 19.0 Å². The van der Waals surface area contributed by atoms with Crippen LogP contribution in [0.1, 0.15) is 24.1 Å². The van der Waals surface area contributed by atoms with Gasteiger partial charge < -0.3 is 24.8 Å². The topological polar surface area (TPSA) is 92.6 Å². The first-order chi connectivity index (χ1) is 14.0. The quantitative estimate of drug-likeness (QED) is 0.501. The minimum absolute atomic E-state index is 0.0211. The van der Waals surface area contributed by atoms with Gasteiger partial charge >= 0.3 is 0 Å². The molecule has 0 heterocycles. The largest absolute Gasteiger partial charge is 0.496 e. The number of carbonyl (C=O) groups is 1. The fourth-order valence-electron chi connectivity index (χ4n) is 2.74. The van der Waals surface area contributed by atoms with E-state index < -0.39 is 5.91 Å². The maximum Gasteiger partial charge on any atom is 0.263 e. The number of nitrogens with zero attached hydrogens (tertiary/aromatic N) is 1. The zero-order valence-electron chi connectivity index (χ0n) is 17.0. The third-order valence-corrected chi connectivity index (χ3v) is 4.35. The molecule has 0 aliphatic heterocycles. The first-order valence-electron chi connectivity index (χ1n) is 9.02. The Morgan fingerprint density at radius 3 is 2.41 bits per heavy atom. The molecular weight excluding hydrogens is 370 g/mol. The molecule has 0 fully saturated rings. The maximum atomic E-state index is 12.5. The molecule has 1 unspecified atom stereocenters. The van der Waals surface area contributed by atoms with Crippen LogP contribution in [0.15, 0.2) is 54.2 Å². The van der Waals surface area contributed by atoms with Crippen LogP contribution < -0.4 is 24.8 Å². The Bertz CT molecular complexity index is 919. The van der Waals surface area contributed by atoms with Crippen LogP contribution in [0, 0.1) is 11.3 Å². The molecule has 2 aromatic carbocycles. The normalized spacial score (nSPS) is 11.8. The summed E-state index contributed by atoms with van der Waals surface area (Å²) in [6.45, 7) is 2.25. The van der Waals surface area contributed by atoms with Crippen LogP contribution in [0.5, 0.6) is 17.2 Å². The van der Waals surface area contributed by atoms with Crippen molar-refractivity contribution in [2.24, 2.45) is 0 Å². The van der Waals surface area contributed by atoms with Crippen molar-refractivity contribution in [3.05, 3.63) is 65.4 Å². The van der Waals surface area contributed by atoms with Crippen molar-refractivity contribution in [2.45, 2.75) is 19.5 Å². The van der Waals surface area contributed by atoms with E-state index in [1.807, 2.05) is 43.3 Å². The average Bonchev–Trinajstić information content (AvgIpc) is 2.76. The van der Waals surface area contributed by atoms with E-state index in [1.165, 1.54) is 6.20 Å². The average molecular weight is 395 g/mol. The highest BCUT2D eigenvalue weighted by atomic mass is 16.5. The van der Waals surface area contributed by atoms with Crippen LogP contribution in [0.2, 0.25) is 0 Å². The summed E-state index contributed by atoms with van der Waals surface area (Å²) in [6, 6.07) is 14.5. The molecule has 0 spiro atoms. The predicted octanol–water partition coefficient (Wildman–Crippen LogP) is 3.09. The molecule has 0 bridgehead atoms. The summed E-state index contributed by atoms with van der Waals surface area (Å²) < 4.78 is 15.8. The van der Waals surface area contributed by atoms with E-state index in [0.717, 1.165) is 16.9 Å². The molecular formula is C22H25N3O4. The van der Waals surface area contributed by atoms with Crippen LogP contribution in [-0.2, 0) is 11.3 Å². The Labute approximate surface area is 170 Å². The summed E-state index contributed by atoms with van der Waals surface area (Å²) in [6.07, 6.45) is 1.41. The second kappa shape index (κ2) is 10.6. The number of para-hydroxylation sites is 1. The van der Waals surface area contributed by atoms with Gasteiger partial charge in [-0.25, -0.2) is 0 Å². The molecule has 1 amide bonds. The lowest BCUT2D eigenvalue weighted by molar-refractivity contribution is -0.117. The van der Waals surface area contributed by atoms with Crippen LogP contribution in [0.25, 0.3) is 0 Å². The number of hydrogen-bond acceptors (Lipinski definition) is 6. The zero-order chi connectivity index (χ0) is 21.2. The zero-order valence-corrected chi connectivity index (χ0v) is 17.0. The van der Waals surface area contributed by atoms with Gasteiger partial charge in [0.15, 0.2) is 11.5 Å². The third kappa shape index (κ3) is 5.66. The van der Waals surface area contributed by atoms with Crippen molar-refractivity contribution in [3.8, 4) is 23.3 Å². The Kier molecular flexibility index (Phi) is 7.92. The van der Waals surface area contributed by atoms with E-state index in [0.29, 0.717) is 18.0 Å². The summed E-state index contributed by atoms with van der Waals surface area (Å²) in [5.41, 5.74) is 1.73. The highest BCUT2D eigenvalue weighted by molar-refractivity contribution is 5.97. The second-order valence-electron chi connectivity index (χ2n) is 6.17. The molecule has 2 N–H and O–H groups in total. The van der Waals surface area contributed by atoms with Crippen LogP contribution in [-0.4, -0.2) is 27.2 Å². The number of amides is 1. The van der Waals surface area contributed by atoms with E-state index >= 15 is 0 Å². The van der Waals surface area contributed by atoms with Gasteiger partial charge in [0, 0.05) is 18.3 Å². The lowest BCUT2D eigenvalue weighted by atomic mass is 10.1. The van der Waals surface area contributed by atoms with Gasteiger partial charge in [0.05, 0.1) is 27.4 Å². The number of methoxy groups -OCH3 is 3. The molecule has 152 valence electrons.